The number of hydrogen-bond acceptors (Lipinski definition) is 3. The van der Waals surface area contributed by atoms with E-state index in [4.69, 9.17) is 0 Å². The van der Waals surface area contributed by atoms with Gasteiger partial charge in [-0.25, -0.2) is 4.39 Å². The summed E-state index contributed by atoms with van der Waals surface area (Å²) in [6.45, 7) is 3.13. The highest BCUT2D eigenvalue weighted by Gasteiger charge is 2.34. The van der Waals surface area contributed by atoms with Gasteiger partial charge in [0.15, 0.2) is 0 Å². The smallest absolute Gasteiger partial charge is 0.249 e. The summed E-state index contributed by atoms with van der Waals surface area (Å²) in [4.78, 5) is 23.9. The van der Waals surface area contributed by atoms with Crippen molar-refractivity contribution in [3.05, 3.63) is 29.6 Å². The molecule has 1 aliphatic rings. The van der Waals surface area contributed by atoms with Crippen LogP contribution in [0.4, 0.5) is 10.1 Å². The summed E-state index contributed by atoms with van der Waals surface area (Å²) in [7, 11) is 0. The number of nitrogens with one attached hydrogen (secondary N) is 2. The first-order valence-corrected chi connectivity index (χ1v) is 6.93. The van der Waals surface area contributed by atoms with Crippen molar-refractivity contribution in [1.29, 1.82) is 0 Å². The molecule has 2 atom stereocenters. The van der Waals surface area contributed by atoms with E-state index in [9.17, 15) is 19.1 Å². The Kier molecular flexibility index (Phi) is 4.57. The van der Waals surface area contributed by atoms with Crippen LogP contribution >= 0.6 is 0 Å². The lowest BCUT2D eigenvalue weighted by molar-refractivity contribution is -0.129. The molecule has 1 aliphatic carbocycles. The summed E-state index contributed by atoms with van der Waals surface area (Å²) in [6.07, 6.45) is 0.578. The lowest BCUT2D eigenvalue weighted by Crippen LogP contribution is -2.50. The van der Waals surface area contributed by atoms with Crippen LogP contribution in [-0.4, -0.2) is 29.1 Å². The number of aliphatic hydroxyl groups is 1. The minimum Gasteiger partial charge on any atom is -0.391 e. The first-order chi connectivity index (χ1) is 9.86. The summed E-state index contributed by atoms with van der Waals surface area (Å²) in [5.41, 5.74) is 0.963. The van der Waals surface area contributed by atoms with Gasteiger partial charge in [-0.15, -0.1) is 0 Å². The highest BCUT2D eigenvalue weighted by Crippen LogP contribution is 2.29. The molecule has 2 amide bonds. The van der Waals surface area contributed by atoms with Crippen LogP contribution in [0.25, 0.3) is 0 Å². The van der Waals surface area contributed by atoms with Crippen LogP contribution in [-0.2, 0) is 9.59 Å². The van der Waals surface area contributed by atoms with Crippen molar-refractivity contribution in [2.75, 3.05) is 5.32 Å². The monoisotopic (exact) mass is 294 g/mol. The Morgan fingerprint density at radius 3 is 2.52 bits per heavy atom. The number of aryl methyl sites for hydroxylation is 1. The summed E-state index contributed by atoms with van der Waals surface area (Å²) in [5, 5.41) is 14.7. The minimum absolute atomic E-state index is 0.0598. The minimum atomic E-state index is -1.05. The number of benzene rings is 1. The van der Waals surface area contributed by atoms with Crippen molar-refractivity contribution >= 4 is 17.5 Å². The first kappa shape index (κ1) is 15.4. The van der Waals surface area contributed by atoms with Gasteiger partial charge in [0.05, 0.1) is 6.10 Å². The van der Waals surface area contributed by atoms with E-state index in [1.54, 1.807) is 13.0 Å². The summed E-state index contributed by atoms with van der Waals surface area (Å²) < 4.78 is 13.3. The molecule has 0 aromatic heterocycles. The molecule has 3 N–H and O–H groups in total. The normalized spacial score (nSPS) is 17.0. The number of halogens is 1. The Bertz CT molecular complexity index is 536. The van der Waals surface area contributed by atoms with Crippen LogP contribution < -0.4 is 10.6 Å². The third-order valence-corrected chi connectivity index (χ3v) is 3.32. The molecule has 6 heteroatoms. The van der Waals surface area contributed by atoms with Gasteiger partial charge in [-0.3, -0.25) is 9.59 Å². The predicted octanol–water partition coefficient (Wildman–Crippen LogP) is 1.35. The van der Waals surface area contributed by atoms with Gasteiger partial charge in [0.2, 0.25) is 11.8 Å². The van der Waals surface area contributed by atoms with Crippen LogP contribution in [0.1, 0.15) is 25.3 Å². The Morgan fingerprint density at radius 2 is 2.00 bits per heavy atom. The molecule has 1 fully saturated rings. The van der Waals surface area contributed by atoms with Crippen LogP contribution in [0, 0.1) is 18.7 Å². The molecule has 1 aromatic rings. The van der Waals surface area contributed by atoms with Crippen molar-refractivity contribution in [3.63, 3.8) is 0 Å². The lowest BCUT2D eigenvalue weighted by atomic mass is 10.1. The van der Waals surface area contributed by atoms with Gasteiger partial charge in [-0.05, 0) is 50.5 Å². The van der Waals surface area contributed by atoms with Gasteiger partial charge in [0, 0.05) is 11.6 Å². The van der Waals surface area contributed by atoms with E-state index in [-0.39, 0.29) is 11.8 Å². The second-order valence-corrected chi connectivity index (χ2v) is 5.51. The molecular formula is C15H19FN2O3. The zero-order chi connectivity index (χ0) is 15.6. The third-order valence-electron chi connectivity index (χ3n) is 3.32. The molecule has 0 heterocycles. The average Bonchev–Trinajstić information content (AvgIpc) is 3.17. The van der Waals surface area contributed by atoms with E-state index in [1.807, 2.05) is 0 Å². The second-order valence-electron chi connectivity index (χ2n) is 5.51. The van der Waals surface area contributed by atoms with E-state index < -0.39 is 23.9 Å². The predicted molar refractivity (Wildman–Crippen MR) is 76.1 cm³/mol. The van der Waals surface area contributed by atoms with Crippen LogP contribution in [0.5, 0.6) is 0 Å². The number of carbonyl (C=O) groups is 2. The number of aliphatic hydroxyl groups excluding tert-OH is 1. The molecule has 1 aromatic carbocycles. The van der Waals surface area contributed by atoms with Crippen molar-refractivity contribution in [1.82, 2.24) is 5.32 Å². The zero-order valence-electron chi connectivity index (χ0n) is 12.0. The molecule has 21 heavy (non-hydrogen) atoms. The molecule has 0 saturated heterocycles. The van der Waals surface area contributed by atoms with Gasteiger partial charge in [-0.1, -0.05) is 0 Å². The molecule has 2 rings (SSSR count). The summed E-state index contributed by atoms with van der Waals surface area (Å²) in [5.74, 6) is -1.31. The largest absolute Gasteiger partial charge is 0.391 e. The molecule has 0 aliphatic heterocycles. The maximum absolute atomic E-state index is 13.3. The van der Waals surface area contributed by atoms with Gasteiger partial charge >= 0.3 is 0 Å². The number of anilines is 1. The fourth-order valence-electron chi connectivity index (χ4n) is 2.05. The van der Waals surface area contributed by atoms with Gasteiger partial charge in [0.25, 0.3) is 0 Å². The highest BCUT2D eigenvalue weighted by atomic mass is 19.1. The average molecular weight is 294 g/mol. The van der Waals surface area contributed by atoms with Crippen LogP contribution in [0.2, 0.25) is 0 Å². The Hall–Kier alpha value is -1.95. The van der Waals surface area contributed by atoms with E-state index in [2.05, 4.69) is 10.6 Å². The Labute approximate surface area is 122 Å². The Morgan fingerprint density at radius 1 is 1.33 bits per heavy atom. The maximum atomic E-state index is 13.3. The molecular weight excluding hydrogens is 275 g/mol. The molecule has 0 spiro atoms. The molecule has 0 radical (unpaired) electrons. The SMILES string of the molecule is Cc1cc(F)cc(NC(=O)C(NC(=O)C2CC2)C(C)O)c1. The van der Waals surface area contributed by atoms with E-state index in [1.165, 1.54) is 19.1 Å². The molecule has 114 valence electrons. The van der Waals surface area contributed by atoms with Crippen molar-refractivity contribution in [3.8, 4) is 0 Å². The lowest BCUT2D eigenvalue weighted by Gasteiger charge is -2.21. The van der Waals surface area contributed by atoms with Gasteiger partial charge in [-0.2, -0.15) is 0 Å². The number of carbonyl (C=O) groups excluding carboxylic acids is 2. The zero-order valence-corrected chi connectivity index (χ0v) is 12.0. The van der Waals surface area contributed by atoms with Crippen molar-refractivity contribution < 1.29 is 19.1 Å². The summed E-state index contributed by atoms with van der Waals surface area (Å²) in [6, 6.07) is 3.09. The van der Waals surface area contributed by atoms with Crippen molar-refractivity contribution in [2.24, 2.45) is 5.92 Å². The second kappa shape index (κ2) is 6.22. The fourth-order valence-corrected chi connectivity index (χ4v) is 2.05. The fraction of sp³-hybridized carbons (Fsp3) is 0.467. The number of hydrogen-bond donors (Lipinski definition) is 3. The number of rotatable bonds is 5. The topological polar surface area (TPSA) is 78.4 Å². The number of amides is 2. The van der Waals surface area contributed by atoms with Crippen molar-refractivity contribution in [2.45, 2.75) is 38.8 Å². The summed E-state index contributed by atoms with van der Waals surface area (Å²) >= 11 is 0. The quantitative estimate of drug-likeness (QED) is 0.767. The third kappa shape index (κ3) is 4.26. The molecule has 0 bridgehead atoms. The maximum Gasteiger partial charge on any atom is 0.249 e. The van der Waals surface area contributed by atoms with Crippen LogP contribution in [0.3, 0.4) is 0 Å². The first-order valence-electron chi connectivity index (χ1n) is 6.93. The van der Waals surface area contributed by atoms with Gasteiger partial charge in [0.1, 0.15) is 11.9 Å². The van der Waals surface area contributed by atoms with Gasteiger partial charge < -0.3 is 15.7 Å². The molecule has 1 saturated carbocycles. The molecule has 5 nitrogen and oxygen atoms in total. The van der Waals surface area contributed by atoms with E-state index >= 15 is 0 Å². The van der Waals surface area contributed by atoms with E-state index in [0.29, 0.717) is 11.3 Å². The standard InChI is InChI=1S/C15H19FN2O3/c1-8-5-11(16)7-12(6-8)17-15(21)13(9(2)19)18-14(20)10-3-4-10/h5-7,9-10,13,19H,3-4H2,1-2H3,(H,17,21)(H,18,20). The van der Waals surface area contributed by atoms with E-state index in [0.717, 1.165) is 12.8 Å². The Balaban J connectivity index is 2.05. The highest BCUT2D eigenvalue weighted by molar-refractivity contribution is 5.98. The van der Waals surface area contributed by atoms with Crippen LogP contribution in [0.15, 0.2) is 18.2 Å². The molecule has 2 unspecified atom stereocenters.